The molecule has 33 heavy (non-hydrogen) atoms. The van der Waals surface area contributed by atoms with Crippen LogP contribution in [0, 0.1) is 0 Å². The zero-order valence-corrected chi connectivity index (χ0v) is 19.5. The van der Waals surface area contributed by atoms with E-state index in [1.165, 1.54) is 6.07 Å². The fourth-order valence-electron chi connectivity index (χ4n) is 4.17. The van der Waals surface area contributed by atoms with Crippen LogP contribution < -0.4 is 10.6 Å². The van der Waals surface area contributed by atoms with Crippen LogP contribution in [0.25, 0.3) is 22.0 Å². The van der Waals surface area contributed by atoms with Gasteiger partial charge >= 0.3 is 6.18 Å². The summed E-state index contributed by atoms with van der Waals surface area (Å²) in [5.41, 5.74) is -0.588. The molecule has 1 aliphatic heterocycles. The van der Waals surface area contributed by atoms with Crippen LogP contribution in [0.3, 0.4) is 0 Å². The number of halogens is 3. The van der Waals surface area contributed by atoms with Crippen molar-refractivity contribution in [2.75, 3.05) is 38.8 Å². The highest BCUT2D eigenvalue weighted by atomic mass is 31.2. The number of phenolic OH excluding ortho intramolecular Hbond substituents is 1. The van der Waals surface area contributed by atoms with E-state index in [4.69, 9.17) is 0 Å². The molecule has 0 unspecified atom stereocenters. The Bertz CT molecular complexity index is 1240. The van der Waals surface area contributed by atoms with E-state index in [9.17, 15) is 22.8 Å². The maximum absolute atomic E-state index is 13.1. The largest absolute Gasteiger partial charge is 0.507 e. The number of hydrogen-bond acceptors (Lipinski definition) is 6. The average Bonchev–Trinajstić information content (AvgIpc) is 2.72. The van der Waals surface area contributed by atoms with Gasteiger partial charge in [-0.05, 0) is 70.1 Å². The molecule has 1 saturated heterocycles. The fraction of sp³-hybridized carbons (Fsp3) is 0.391. The summed E-state index contributed by atoms with van der Waals surface area (Å²) in [4.78, 5) is 2.23. The molecule has 0 saturated carbocycles. The van der Waals surface area contributed by atoms with Gasteiger partial charge in [0, 0.05) is 34.2 Å². The number of alkyl halides is 3. The van der Waals surface area contributed by atoms with Gasteiger partial charge in [-0.1, -0.05) is 6.07 Å². The van der Waals surface area contributed by atoms with Crippen LogP contribution in [0.2, 0.25) is 0 Å². The van der Waals surface area contributed by atoms with Gasteiger partial charge in [-0.3, -0.25) is 0 Å². The van der Waals surface area contributed by atoms with Crippen LogP contribution >= 0.6 is 7.14 Å². The quantitative estimate of drug-likeness (QED) is 0.526. The SMILES string of the molecule is CN1CCC[C@@H](Nc2nnc(-c3ccc(C(F)(F)F)cc3O)c3cc(P(C)(C)=O)ccc23)C1. The first kappa shape index (κ1) is 23.5. The van der Waals surface area contributed by atoms with Gasteiger partial charge in [0.25, 0.3) is 0 Å². The molecule has 1 aliphatic rings. The second kappa shape index (κ2) is 8.61. The fourth-order valence-corrected chi connectivity index (χ4v) is 5.04. The monoisotopic (exact) mass is 478 g/mol. The highest BCUT2D eigenvalue weighted by Crippen LogP contribution is 2.41. The first-order valence-electron chi connectivity index (χ1n) is 10.6. The van der Waals surface area contributed by atoms with Gasteiger partial charge in [-0.25, -0.2) is 0 Å². The van der Waals surface area contributed by atoms with E-state index in [1.54, 1.807) is 31.5 Å². The lowest BCUT2D eigenvalue weighted by Crippen LogP contribution is -2.40. The summed E-state index contributed by atoms with van der Waals surface area (Å²) in [5, 5.41) is 24.3. The third-order valence-corrected chi connectivity index (χ3v) is 7.45. The topological polar surface area (TPSA) is 78.3 Å². The van der Waals surface area contributed by atoms with Gasteiger partial charge in [0.2, 0.25) is 0 Å². The molecule has 1 fully saturated rings. The summed E-state index contributed by atoms with van der Waals surface area (Å²) in [5.74, 6) is 0.00524. The number of nitrogens with one attached hydrogen (secondary N) is 1. The van der Waals surface area contributed by atoms with Crippen LogP contribution in [0.4, 0.5) is 19.0 Å². The first-order valence-corrected chi connectivity index (χ1v) is 13.3. The van der Waals surface area contributed by atoms with E-state index < -0.39 is 24.6 Å². The van der Waals surface area contributed by atoms with Crippen molar-refractivity contribution in [2.45, 2.75) is 25.1 Å². The zero-order valence-electron chi connectivity index (χ0n) is 18.6. The molecule has 1 aromatic heterocycles. The lowest BCUT2D eigenvalue weighted by molar-refractivity contribution is -0.137. The van der Waals surface area contributed by atoms with Gasteiger partial charge in [0.15, 0.2) is 5.82 Å². The lowest BCUT2D eigenvalue weighted by Gasteiger charge is -2.30. The smallest absolute Gasteiger partial charge is 0.416 e. The Balaban J connectivity index is 1.85. The predicted molar refractivity (Wildman–Crippen MR) is 125 cm³/mol. The van der Waals surface area contributed by atoms with E-state index in [-0.39, 0.29) is 17.3 Å². The minimum absolute atomic E-state index is 0.128. The predicted octanol–water partition coefficient (Wildman–Crippen LogP) is 4.78. The number of rotatable bonds is 4. The molecular formula is C23H26F3N4O2P. The maximum Gasteiger partial charge on any atom is 0.416 e. The number of fused-ring (bicyclic) bond motifs is 1. The third kappa shape index (κ3) is 4.99. The molecule has 10 heteroatoms. The standard InChI is InChI=1S/C23H26F3N4O2P/c1-30-10-4-5-15(13-30)27-22-17-9-7-16(33(2,3)32)12-19(17)21(28-29-22)18-8-6-14(11-20(18)31)23(24,25)26/h6-9,11-12,15,31H,4-5,10,13H2,1-3H3,(H,27,29)/t15-/m1/s1. The number of piperidine rings is 1. The molecule has 0 radical (unpaired) electrons. The van der Waals surface area contributed by atoms with E-state index in [2.05, 4.69) is 27.5 Å². The molecule has 0 aliphatic carbocycles. The summed E-state index contributed by atoms with van der Waals surface area (Å²) in [6.07, 6.45) is -2.54. The Morgan fingerprint density at radius 3 is 2.52 bits per heavy atom. The number of aromatic nitrogens is 2. The molecule has 2 aromatic carbocycles. The van der Waals surface area contributed by atoms with Crippen LogP contribution in [0.5, 0.6) is 5.75 Å². The number of phenols is 1. The number of anilines is 1. The zero-order chi connectivity index (χ0) is 24.0. The van der Waals surface area contributed by atoms with E-state index in [0.29, 0.717) is 28.0 Å². The number of hydrogen-bond donors (Lipinski definition) is 2. The highest BCUT2D eigenvalue weighted by molar-refractivity contribution is 7.70. The second-order valence-electron chi connectivity index (χ2n) is 8.95. The van der Waals surface area contributed by atoms with Gasteiger partial charge in [-0.2, -0.15) is 13.2 Å². The normalized spacial score (nSPS) is 17.9. The van der Waals surface area contributed by atoms with Gasteiger partial charge in [0.05, 0.1) is 5.56 Å². The third-order valence-electron chi connectivity index (χ3n) is 5.93. The summed E-state index contributed by atoms with van der Waals surface area (Å²) in [6.45, 7) is 5.17. The van der Waals surface area contributed by atoms with Crippen molar-refractivity contribution in [1.29, 1.82) is 0 Å². The minimum atomic E-state index is -4.57. The van der Waals surface area contributed by atoms with Crippen molar-refractivity contribution >= 4 is 29.0 Å². The van der Waals surface area contributed by atoms with Crippen molar-refractivity contribution in [1.82, 2.24) is 15.1 Å². The van der Waals surface area contributed by atoms with E-state index >= 15 is 0 Å². The molecule has 0 bridgehead atoms. The van der Waals surface area contributed by atoms with Gasteiger partial charge in [-0.15, -0.1) is 10.2 Å². The highest BCUT2D eigenvalue weighted by Gasteiger charge is 2.31. The molecule has 1 atom stereocenters. The summed E-state index contributed by atoms with van der Waals surface area (Å²) in [6, 6.07) is 8.26. The van der Waals surface area contributed by atoms with Crippen molar-refractivity contribution in [3.8, 4) is 17.0 Å². The minimum Gasteiger partial charge on any atom is -0.507 e. The number of benzene rings is 2. The molecule has 0 amide bonds. The van der Waals surface area contributed by atoms with Crippen LogP contribution in [-0.2, 0) is 10.7 Å². The first-order chi connectivity index (χ1) is 15.4. The average molecular weight is 478 g/mol. The van der Waals surface area contributed by atoms with Crippen molar-refractivity contribution < 1.29 is 22.8 Å². The van der Waals surface area contributed by atoms with Crippen LogP contribution in [0.1, 0.15) is 18.4 Å². The van der Waals surface area contributed by atoms with Crippen LogP contribution in [0.15, 0.2) is 36.4 Å². The Kier molecular flexibility index (Phi) is 6.14. The molecule has 2 heterocycles. The number of likely N-dealkylation sites (tertiary alicyclic amines) is 1. The molecule has 4 rings (SSSR count). The van der Waals surface area contributed by atoms with Crippen molar-refractivity contribution in [2.24, 2.45) is 0 Å². The number of aromatic hydroxyl groups is 1. The molecule has 3 aromatic rings. The number of likely N-dealkylation sites (N-methyl/N-ethyl adjacent to an activating group) is 1. The Morgan fingerprint density at radius 2 is 1.88 bits per heavy atom. The number of nitrogens with zero attached hydrogens (tertiary/aromatic N) is 3. The molecule has 176 valence electrons. The summed E-state index contributed by atoms with van der Waals surface area (Å²) in [7, 11) is -0.564. The summed E-state index contributed by atoms with van der Waals surface area (Å²) < 4.78 is 51.9. The van der Waals surface area contributed by atoms with Crippen molar-refractivity contribution in [3.63, 3.8) is 0 Å². The molecular weight excluding hydrogens is 452 g/mol. The second-order valence-corrected chi connectivity index (χ2v) is 12.2. The van der Waals surface area contributed by atoms with Crippen molar-refractivity contribution in [3.05, 3.63) is 42.0 Å². The molecule has 6 nitrogen and oxygen atoms in total. The van der Waals surface area contributed by atoms with Crippen LogP contribution in [-0.4, -0.2) is 59.7 Å². The van der Waals surface area contributed by atoms with E-state index in [1.807, 2.05) is 0 Å². The Hall–Kier alpha value is -2.64. The lowest BCUT2D eigenvalue weighted by atomic mass is 10.0. The molecule has 0 spiro atoms. The van der Waals surface area contributed by atoms with E-state index in [0.717, 1.165) is 32.0 Å². The molecule has 2 N–H and O–H groups in total. The maximum atomic E-state index is 13.1. The van der Waals surface area contributed by atoms with Gasteiger partial charge < -0.3 is 19.9 Å². The Morgan fingerprint density at radius 1 is 1.12 bits per heavy atom. The Labute approximate surface area is 190 Å². The summed E-state index contributed by atoms with van der Waals surface area (Å²) >= 11 is 0. The van der Waals surface area contributed by atoms with Gasteiger partial charge in [0.1, 0.15) is 18.6 Å².